The van der Waals surface area contributed by atoms with Crippen LogP contribution in [0.15, 0.2) is 49.1 Å². The maximum atomic E-state index is 15.2. The van der Waals surface area contributed by atoms with Crippen LogP contribution >= 0.6 is 0 Å². The number of carbonyl (C=O) groups is 1. The molecular formula is C34H47F2NO. The lowest BCUT2D eigenvalue weighted by Crippen LogP contribution is -2.31. The van der Waals surface area contributed by atoms with Gasteiger partial charge in [0.1, 0.15) is 17.9 Å². The molecule has 0 spiro atoms. The third kappa shape index (κ3) is 8.33. The Morgan fingerprint density at radius 1 is 0.868 bits per heavy atom. The predicted molar refractivity (Wildman–Crippen MR) is 156 cm³/mol. The smallest absolute Gasteiger partial charge is 0.142 e. The fourth-order valence-electron chi connectivity index (χ4n) is 6.42. The van der Waals surface area contributed by atoms with Crippen molar-refractivity contribution in [2.45, 2.75) is 102 Å². The number of halogens is 2. The summed E-state index contributed by atoms with van der Waals surface area (Å²) in [5, 5.41) is 0. The molecule has 0 atom stereocenters. The van der Waals surface area contributed by atoms with E-state index in [1.807, 2.05) is 18.2 Å². The van der Waals surface area contributed by atoms with E-state index >= 15 is 8.78 Å². The molecule has 2 fully saturated rings. The fourth-order valence-corrected chi connectivity index (χ4v) is 6.42. The van der Waals surface area contributed by atoms with Gasteiger partial charge in [-0.15, -0.1) is 0 Å². The highest BCUT2D eigenvalue weighted by Crippen LogP contribution is 2.40. The van der Waals surface area contributed by atoms with E-state index in [-0.39, 0.29) is 17.6 Å². The molecule has 208 valence electrons. The van der Waals surface area contributed by atoms with Crippen LogP contribution in [0.5, 0.6) is 0 Å². The summed E-state index contributed by atoms with van der Waals surface area (Å²) < 4.78 is 30.2. The number of nitrogens with zero attached hydrogens (tertiary/aromatic N) is 1. The van der Waals surface area contributed by atoms with Crippen LogP contribution in [-0.4, -0.2) is 31.3 Å². The van der Waals surface area contributed by atoms with Gasteiger partial charge in [0.05, 0.1) is 0 Å². The monoisotopic (exact) mass is 523 g/mol. The van der Waals surface area contributed by atoms with Gasteiger partial charge in [-0.2, -0.15) is 0 Å². The summed E-state index contributed by atoms with van der Waals surface area (Å²) in [4.78, 5) is 11.3. The van der Waals surface area contributed by atoms with Crippen LogP contribution in [0, 0.1) is 17.6 Å². The third-order valence-electron chi connectivity index (χ3n) is 8.80. The highest BCUT2D eigenvalue weighted by Gasteiger charge is 2.26. The van der Waals surface area contributed by atoms with Gasteiger partial charge in [-0.05, 0) is 118 Å². The van der Waals surface area contributed by atoms with E-state index in [0.717, 1.165) is 55.6 Å². The van der Waals surface area contributed by atoms with Gasteiger partial charge >= 0.3 is 0 Å². The largest absolute Gasteiger partial charge is 0.306 e. The minimum absolute atomic E-state index is 0.185. The zero-order valence-electron chi connectivity index (χ0n) is 23.7. The number of aldehydes is 1. The molecule has 2 aliphatic carbocycles. The molecule has 2 aliphatic rings. The van der Waals surface area contributed by atoms with Gasteiger partial charge in [0.15, 0.2) is 0 Å². The van der Waals surface area contributed by atoms with Gasteiger partial charge in [0.2, 0.25) is 0 Å². The maximum absolute atomic E-state index is 15.2. The van der Waals surface area contributed by atoms with Crippen molar-refractivity contribution in [2.24, 2.45) is 5.92 Å². The van der Waals surface area contributed by atoms with Crippen molar-refractivity contribution >= 4 is 6.29 Å². The van der Waals surface area contributed by atoms with Crippen molar-refractivity contribution in [3.63, 3.8) is 0 Å². The van der Waals surface area contributed by atoms with E-state index < -0.39 is 0 Å². The Balaban J connectivity index is 0.000000934. The molecule has 0 N–H and O–H groups in total. The third-order valence-corrected chi connectivity index (χ3v) is 8.80. The Kier molecular flexibility index (Phi) is 12.2. The molecule has 0 aromatic heterocycles. The second kappa shape index (κ2) is 15.3. The average molecular weight is 524 g/mol. The fraction of sp³-hybridized carbons (Fsp3) is 0.559. The van der Waals surface area contributed by atoms with Gasteiger partial charge in [0.25, 0.3) is 0 Å². The highest BCUT2D eigenvalue weighted by molar-refractivity contribution is 5.65. The number of unbranched alkanes of at least 4 members (excludes halogenated alkanes) is 2. The van der Waals surface area contributed by atoms with Crippen LogP contribution < -0.4 is 0 Å². The second-order valence-electron chi connectivity index (χ2n) is 11.5. The molecule has 38 heavy (non-hydrogen) atoms. The topological polar surface area (TPSA) is 20.3 Å². The standard InChI is InChI=1S/C31H43F2N.C3H4O/c1-4-5-6-7-22-8-10-23(11-9-22)25-14-18-29(30(32)20-25)26-15-19-28(31(33)21-26)24-12-16-27(17-13-24)34(2)3;1-2-3-4/h14-15,18-24,27H,4-13,16-17H2,1-3H3;2-3H,1H2. The lowest BCUT2D eigenvalue weighted by molar-refractivity contribution is -0.104. The lowest BCUT2D eigenvalue weighted by atomic mass is 9.77. The molecule has 2 aromatic carbocycles. The van der Waals surface area contributed by atoms with Crippen LogP contribution in [0.1, 0.15) is 107 Å². The van der Waals surface area contributed by atoms with Crippen molar-refractivity contribution in [1.29, 1.82) is 0 Å². The maximum Gasteiger partial charge on any atom is 0.142 e. The van der Waals surface area contributed by atoms with Gasteiger partial charge in [-0.1, -0.05) is 63.5 Å². The molecule has 0 unspecified atom stereocenters. The summed E-state index contributed by atoms with van der Waals surface area (Å²) in [6.45, 7) is 5.37. The van der Waals surface area contributed by atoms with Gasteiger partial charge < -0.3 is 4.90 Å². The summed E-state index contributed by atoms with van der Waals surface area (Å²) in [5.74, 6) is 1.18. The first kappa shape index (κ1) is 30.2. The molecule has 0 heterocycles. The van der Waals surface area contributed by atoms with Crippen LogP contribution in [0.4, 0.5) is 8.78 Å². The van der Waals surface area contributed by atoms with Crippen molar-refractivity contribution in [3.05, 3.63) is 71.8 Å². The summed E-state index contributed by atoms with van der Waals surface area (Å²) in [6, 6.07) is 11.6. The van der Waals surface area contributed by atoms with E-state index in [4.69, 9.17) is 4.79 Å². The van der Waals surface area contributed by atoms with Crippen LogP contribution in [0.2, 0.25) is 0 Å². The number of benzene rings is 2. The number of allylic oxidation sites excluding steroid dienone is 1. The number of rotatable bonds is 9. The summed E-state index contributed by atoms with van der Waals surface area (Å²) in [6.07, 6.45) is 16.3. The Morgan fingerprint density at radius 2 is 1.53 bits per heavy atom. The van der Waals surface area contributed by atoms with E-state index in [1.54, 1.807) is 12.1 Å². The first-order valence-electron chi connectivity index (χ1n) is 14.7. The molecule has 2 nitrogen and oxygen atoms in total. The van der Waals surface area contributed by atoms with E-state index in [1.165, 1.54) is 44.6 Å². The minimum atomic E-state index is -0.221. The number of hydrogen-bond acceptors (Lipinski definition) is 2. The number of hydrogen-bond donors (Lipinski definition) is 0. The SMILES string of the molecule is C=CC=O.CCCCCC1CCC(c2ccc(-c3ccc(C4CCC(N(C)C)CC4)c(F)c3)c(F)c2)CC1. The van der Waals surface area contributed by atoms with Crippen LogP contribution in [0.25, 0.3) is 11.1 Å². The molecular weight excluding hydrogens is 476 g/mol. The zero-order chi connectivity index (χ0) is 27.5. The number of carbonyl (C=O) groups excluding carboxylic acids is 1. The first-order valence-corrected chi connectivity index (χ1v) is 14.7. The van der Waals surface area contributed by atoms with E-state index in [0.29, 0.717) is 29.4 Å². The second-order valence-corrected chi connectivity index (χ2v) is 11.5. The molecule has 0 aliphatic heterocycles. The summed E-state index contributed by atoms with van der Waals surface area (Å²) in [7, 11) is 4.25. The van der Waals surface area contributed by atoms with Crippen LogP contribution in [0.3, 0.4) is 0 Å². The molecule has 2 saturated carbocycles. The lowest BCUT2D eigenvalue weighted by Gasteiger charge is -2.33. The van der Waals surface area contributed by atoms with E-state index in [2.05, 4.69) is 38.6 Å². The van der Waals surface area contributed by atoms with Crippen molar-refractivity contribution in [1.82, 2.24) is 4.90 Å². The Labute approximate surface area is 229 Å². The summed E-state index contributed by atoms with van der Waals surface area (Å²) >= 11 is 0. The highest BCUT2D eigenvalue weighted by atomic mass is 19.1. The van der Waals surface area contributed by atoms with Gasteiger partial charge in [-0.25, -0.2) is 8.78 Å². The molecule has 0 radical (unpaired) electrons. The molecule has 2 aromatic rings. The normalized spacial score (nSPS) is 23.4. The zero-order valence-corrected chi connectivity index (χ0v) is 23.7. The predicted octanol–water partition coefficient (Wildman–Crippen LogP) is 9.45. The molecule has 4 rings (SSSR count). The Hall–Kier alpha value is -2.33. The van der Waals surface area contributed by atoms with Crippen LogP contribution in [-0.2, 0) is 4.79 Å². The van der Waals surface area contributed by atoms with Gasteiger partial charge in [0, 0.05) is 11.6 Å². The Bertz CT molecular complexity index is 1010. The molecule has 0 amide bonds. The Morgan fingerprint density at radius 3 is 2.08 bits per heavy atom. The molecule has 0 bridgehead atoms. The average Bonchev–Trinajstić information content (AvgIpc) is 2.93. The molecule has 0 saturated heterocycles. The summed E-state index contributed by atoms with van der Waals surface area (Å²) in [5.41, 5.74) is 3.07. The molecule has 4 heteroatoms. The van der Waals surface area contributed by atoms with Crippen molar-refractivity contribution < 1.29 is 13.6 Å². The van der Waals surface area contributed by atoms with E-state index in [9.17, 15) is 0 Å². The van der Waals surface area contributed by atoms with Crippen molar-refractivity contribution in [3.8, 4) is 11.1 Å². The van der Waals surface area contributed by atoms with Crippen molar-refractivity contribution in [2.75, 3.05) is 14.1 Å². The first-order chi connectivity index (χ1) is 18.4. The quantitative estimate of drug-likeness (QED) is 0.185. The van der Waals surface area contributed by atoms with Gasteiger partial charge in [-0.3, -0.25) is 4.79 Å². The minimum Gasteiger partial charge on any atom is -0.306 e.